The van der Waals surface area contributed by atoms with E-state index >= 15 is 0 Å². The fourth-order valence-electron chi connectivity index (χ4n) is 2.24. The van der Waals surface area contributed by atoms with Crippen molar-refractivity contribution in [2.45, 2.75) is 19.1 Å². The van der Waals surface area contributed by atoms with E-state index in [-0.39, 0.29) is 12.0 Å². The van der Waals surface area contributed by atoms with Gasteiger partial charge in [0.15, 0.2) is 0 Å². The largest absolute Gasteiger partial charge is 0.497 e. The van der Waals surface area contributed by atoms with E-state index in [0.29, 0.717) is 19.6 Å². The molecule has 0 saturated carbocycles. The van der Waals surface area contributed by atoms with Crippen LogP contribution in [0.2, 0.25) is 0 Å². The van der Waals surface area contributed by atoms with Crippen LogP contribution in [0.1, 0.15) is 12.0 Å². The summed E-state index contributed by atoms with van der Waals surface area (Å²) in [5.74, 6) is 1.43. The van der Waals surface area contributed by atoms with Crippen LogP contribution in [-0.2, 0) is 16.1 Å². The van der Waals surface area contributed by atoms with E-state index in [4.69, 9.17) is 14.2 Å². The van der Waals surface area contributed by atoms with Crippen LogP contribution in [0.25, 0.3) is 0 Å². The number of methoxy groups -OCH3 is 2. The Bertz CT molecular complexity index is 473. The second-order valence-corrected chi connectivity index (χ2v) is 4.86. The fourth-order valence-corrected chi connectivity index (χ4v) is 2.24. The van der Waals surface area contributed by atoms with Crippen LogP contribution in [-0.4, -0.2) is 45.9 Å². The van der Waals surface area contributed by atoms with Crippen LogP contribution >= 0.6 is 0 Å². The molecular formula is C15H22N2O4. The van der Waals surface area contributed by atoms with Crippen molar-refractivity contribution < 1.29 is 19.0 Å². The molecule has 0 spiro atoms. The van der Waals surface area contributed by atoms with Gasteiger partial charge in [0, 0.05) is 25.2 Å². The summed E-state index contributed by atoms with van der Waals surface area (Å²) >= 11 is 0. The van der Waals surface area contributed by atoms with Gasteiger partial charge >= 0.3 is 0 Å². The van der Waals surface area contributed by atoms with Crippen LogP contribution in [0.15, 0.2) is 18.2 Å². The van der Waals surface area contributed by atoms with Crippen molar-refractivity contribution in [2.24, 2.45) is 0 Å². The zero-order chi connectivity index (χ0) is 15.1. The number of morpholine rings is 1. The van der Waals surface area contributed by atoms with Crippen LogP contribution in [0.4, 0.5) is 0 Å². The Morgan fingerprint density at radius 2 is 2.29 bits per heavy atom. The minimum absolute atomic E-state index is 0.0337. The Balaban J connectivity index is 1.87. The summed E-state index contributed by atoms with van der Waals surface area (Å²) < 4.78 is 16.0. The van der Waals surface area contributed by atoms with Gasteiger partial charge in [-0.3, -0.25) is 4.79 Å². The average molecular weight is 294 g/mol. The summed E-state index contributed by atoms with van der Waals surface area (Å²) in [4.78, 5) is 11.9. The molecule has 1 fully saturated rings. The quantitative estimate of drug-likeness (QED) is 0.808. The van der Waals surface area contributed by atoms with Gasteiger partial charge in [-0.25, -0.2) is 0 Å². The van der Waals surface area contributed by atoms with Crippen molar-refractivity contribution in [1.29, 1.82) is 0 Å². The predicted molar refractivity (Wildman–Crippen MR) is 78.6 cm³/mol. The van der Waals surface area contributed by atoms with Crippen LogP contribution in [0.5, 0.6) is 11.5 Å². The van der Waals surface area contributed by atoms with Crippen LogP contribution < -0.4 is 20.1 Å². The first-order chi connectivity index (χ1) is 10.2. The second-order valence-electron chi connectivity index (χ2n) is 4.86. The average Bonchev–Trinajstić information content (AvgIpc) is 2.53. The van der Waals surface area contributed by atoms with Crippen LogP contribution in [0.3, 0.4) is 0 Å². The van der Waals surface area contributed by atoms with Gasteiger partial charge < -0.3 is 24.8 Å². The minimum Gasteiger partial charge on any atom is -0.497 e. The van der Waals surface area contributed by atoms with E-state index in [1.807, 2.05) is 18.2 Å². The van der Waals surface area contributed by atoms with E-state index in [1.165, 1.54) is 0 Å². The van der Waals surface area contributed by atoms with Gasteiger partial charge in [0.2, 0.25) is 5.91 Å². The number of amides is 1. The number of carbonyl (C=O) groups is 1. The van der Waals surface area contributed by atoms with Gasteiger partial charge in [-0.2, -0.15) is 0 Å². The molecule has 1 unspecified atom stereocenters. The first-order valence-electron chi connectivity index (χ1n) is 7.03. The molecule has 21 heavy (non-hydrogen) atoms. The first kappa shape index (κ1) is 15.6. The standard InChI is InChI=1S/C15H22N2O4/c1-19-12-3-4-14(20-2)11(7-12)9-17-15(18)8-13-10-16-5-6-21-13/h3-4,7,13,16H,5-6,8-10H2,1-2H3,(H,17,18). The molecule has 1 amide bonds. The number of benzene rings is 1. The third-order valence-corrected chi connectivity index (χ3v) is 3.38. The smallest absolute Gasteiger partial charge is 0.222 e. The van der Waals surface area contributed by atoms with Crippen molar-refractivity contribution in [3.63, 3.8) is 0 Å². The van der Waals surface area contributed by atoms with Gasteiger partial charge in [-0.15, -0.1) is 0 Å². The highest BCUT2D eigenvalue weighted by molar-refractivity contribution is 5.76. The second kappa shape index (κ2) is 7.85. The summed E-state index contributed by atoms with van der Waals surface area (Å²) in [5, 5.41) is 6.10. The molecule has 1 aromatic carbocycles. The van der Waals surface area contributed by atoms with E-state index in [1.54, 1.807) is 14.2 Å². The maximum atomic E-state index is 11.9. The lowest BCUT2D eigenvalue weighted by Crippen LogP contribution is -2.41. The van der Waals surface area contributed by atoms with Gasteiger partial charge in [-0.05, 0) is 18.2 Å². The zero-order valence-corrected chi connectivity index (χ0v) is 12.5. The van der Waals surface area contributed by atoms with Crippen LogP contribution in [0, 0.1) is 0 Å². The molecule has 6 nitrogen and oxygen atoms in total. The lowest BCUT2D eigenvalue weighted by molar-refractivity contribution is -0.124. The molecule has 116 valence electrons. The highest BCUT2D eigenvalue weighted by Crippen LogP contribution is 2.23. The highest BCUT2D eigenvalue weighted by Gasteiger charge is 2.17. The van der Waals surface area contributed by atoms with Crippen molar-refractivity contribution in [2.75, 3.05) is 33.9 Å². The molecule has 1 aliphatic rings. The van der Waals surface area contributed by atoms with E-state index in [0.717, 1.165) is 30.2 Å². The van der Waals surface area contributed by atoms with Crippen molar-refractivity contribution in [1.82, 2.24) is 10.6 Å². The van der Waals surface area contributed by atoms with E-state index in [2.05, 4.69) is 10.6 Å². The van der Waals surface area contributed by atoms with Gasteiger partial charge in [0.05, 0.1) is 33.4 Å². The highest BCUT2D eigenvalue weighted by atomic mass is 16.5. The number of nitrogens with one attached hydrogen (secondary N) is 2. The lowest BCUT2D eigenvalue weighted by atomic mass is 10.1. The summed E-state index contributed by atoms with van der Waals surface area (Å²) in [5.41, 5.74) is 0.882. The molecule has 1 atom stereocenters. The zero-order valence-electron chi connectivity index (χ0n) is 12.5. The van der Waals surface area contributed by atoms with E-state index in [9.17, 15) is 4.79 Å². The monoisotopic (exact) mass is 294 g/mol. The topological polar surface area (TPSA) is 68.8 Å². The molecule has 1 aliphatic heterocycles. The molecule has 1 saturated heterocycles. The molecule has 2 rings (SSSR count). The third-order valence-electron chi connectivity index (χ3n) is 3.38. The first-order valence-corrected chi connectivity index (χ1v) is 7.03. The molecule has 0 aliphatic carbocycles. The van der Waals surface area contributed by atoms with E-state index < -0.39 is 0 Å². The summed E-state index contributed by atoms with van der Waals surface area (Å²) in [6.07, 6.45) is 0.310. The van der Waals surface area contributed by atoms with Crippen molar-refractivity contribution >= 4 is 5.91 Å². The van der Waals surface area contributed by atoms with Crippen molar-refractivity contribution in [3.8, 4) is 11.5 Å². The third kappa shape index (κ3) is 4.61. The Morgan fingerprint density at radius 1 is 1.43 bits per heavy atom. The summed E-state index contributed by atoms with van der Waals surface area (Å²) in [6.45, 7) is 2.62. The number of ether oxygens (including phenoxy) is 3. The Hall–Kier alpha value is -1.79. The Kier molecular flexibility index (Phi) is 5.83. The minimum atomic E-state index is -0.0500. The molecule has 1 aromatic rings. The number of rotatable bonds is 6. The number of hydrogen-bond acceptors (Lipinski definition) is 5. The van der Waals surface area contributed by atoms with Gasteiger partial charge in [0.25, 0.3) is 0 Å². The molecular weight excluding hydrogens is 272 g/mol. The molecule has 0 aromatic heterocycles. The Labute approximate surface area is 124 Å². The van der Waals surface area contributed by atoms with Gasteiger partial charge in [-0.1, -0.05) is 0 Å². The molecule has 0 bridgehead atoms. The fraction of sp³-hybridized carbons (Fsp3) is 0.533. The summed E-state index contributed by atoms with van der Waals surface area (Å²) in [7, 11) is 3.21. The molecule has 6 heteroatoms. The van der Waals surface area contributed by atoms with Crippen molar-refractivity contribution in [3.05, 3.63) is 23.8 Å². The van der Waals surface area contributed by atoms with Gasteiger partial charge in [0.1, 0.15) is 11.5 Å². The lowest BCUT2D eigenvalue weighted by Gasteiger charge is -2.23. The normalized spacial score (nSPS) is 18.1. The number of hydrogen-bond donors (Lipinski definition) is 2. The predicted octanol–water partition coefficient (Wildman–Crippen LogP) is 0.699. The maximum Gasteiger partial charge on any atom is 0.222 e. The summed E-state index contributed by atoms with van der Waals surface area (Å²) in [6, 6.07) is 5.51. The number of carbonyl (C=O) groups excluding carboxylic acids is 1. The molecule has 0 radical (unpaired) electrons. The SMILES string of the molecule is COc1ccc(OC)c(CNC(=O)CC2CNCCO2)c1. The Morgan fingerprint density at radius 3 is 2.95 bits per heavy atom. The maximum absolute atomic E-state index is 11.9. The molecule has 2 N–H and O–H groups in total. The molecule has 1 heterocycles.